The zero-order valence-corrected chi connectivity index (χ0v) is 16.5. The van der Waals surface area contributed by atoms with Crippen LogP contribution in [0.15, 0.2) is 83.9 Å². The minimum absolute atomic E-state index is 0.0296. The van der Waals surface area contributed by atoms with E-state index in [1.54, 1.807) is 24.3 Å². The lowest BCUT2D eigenvalue weighted by Crippen LogP contribution is -2.23. The van der Waals surface area contributed by atoms with Crippen LogP contribution in [0.25, 0.3) is 0 Å². The average molecular weight is 400 g/mol. The average Bonchev–Trinajstić information content (AvgIpc) is 2.75. The van der Waals surface area contributed by atoms with Gasteiger partial charge < -0.3 is 22.1 Å². The highest BCUT2D eigenvalue weighted by Gasteiger charge is 2.04. The fraction of sp³-hybridized carbons (Fsp3) is 0.0870. The molecule has 8 N–H and O–H groups in total. The van der Waals surface area contributed by atoms with Crippen molar-refractivity contribution in [2.75, 3.05) is 17.2 Å². The second kappa shape index (κ2) is 9.88. The van der Waals surface area contributed by atoms with Crippen LogP contribution in [0.1, 0.15) is 16.7 Å². The highest BCUT2D eigenvalue weighted by atomic mass is 15.2. The Morgan fingerprint density at radius 3 is 1.60 bits per heavy atom. The van der Waals surface area contributed by atoms with Crippen molar-refractivity contribution in [3.05, 3.63) is 95.6 Å². The van der Waals surface area contributed by atoms with Gasteiger partial charge in [0.2, 0.25) is 0 Å². The van der Waals surface area contributed by atoms with Gasteiger partial charge in [-0.25, -0.2) is 0 Å². The summed E-state index contributed by atoms with van der Waals surface area (Å²) in [5, 5.41) is 21.6. The maximum atomic E-state index is 7.51. The lowest BCUT2D eigenvalue weighted by molar-refractivity contribution is 0.967. The monoisotopic (exact) mass is 399 g/mol. The predicted octanol–water partition coefficient (Wildman–Crippen LogP) is 3.38. The van der Waals surface area contributed by atoms with Gasteiger partial charge in [-0.3, -0.25) is 15.8 Å². The van der Waals surface area contributed by atoms with Crippen molar-refractivity contribution >= 4 is 29.0 Å². The van der Waals surface area contributed by atoms with Crippen molar-refractivity contribution in [3.8, 4) is 0 Å². The number of nitrogens with zero attached hydrogens (tertiary/aromatic N) is 1. The third-order valence-electron chi connectivity index (χ3n) is 4.43. The number of hydrogen-bond donors (Lipinski definition) is 6. The van der Waals surface area contributed by atoms with Crippen molar-refractivity contribution in [2.45, 2.75) is 6.42 Å². The molecule has 0 heterocycles. The maximum Gasteiger partial charge on any atom is 0.200 e. The Hall–Kier alpha value is -4.13. The number of rotatable bonds is 7. The largest absolute Gasteiger partial charge is 0.384 e. The minimum atomic E-state index is 0.0296. The predicted molar refractivity (Wildman–Crippen MR) is 125 cm³/mol. The Morgan fingerprint density at radius 1 is 0.700 bits per heavy atom. The van der Waals surface area contributed by atoms with Crippen LogP contribution in [0.2, 0.25) is 0 Å². The first kappa shape index (κ1) is 20.6. The summed E-state index contributed by atoms with van der Waals surface area (Å²) in [6.07, 6.45) is 0.820. The Morgan fingerprint density at radius 2 is 1.17 bits per heavy atom. The van der Waals surface area contributed by atoms with Gasteiger partial charge in [0, 0.05) is 29.0 Å². The second-order valence-electron chi connectivity index (χ2n) is 6.70. The molecule has 0 radical (unpaired) electrons. The van der Waals surface area contributed by atoms with Gasteiger partial charge in [0.1, 0.15) is 11.7 Å². The number of amidine groups is 2. The number of hydrogen-bond acceptors (Lipinski definition) is 3. The van der Waals surface area contributed by atoms with E-state index in [2.05, 4.69) is 27.8 Å². The molecule has 0 fully saturated rings. The zero-order chi connectivity index (χ0) is 21.3. The van der Waals surface area contributed by atoms with Crippen LogP contribution in [0.3, 0.4) is 0 Å². The molecule has 0 aromatic heterocycles. The molecule has 152 valence electrons. The lowest BCUT2D eigenvalue weighted by Gasteiger charge is -2.14. The Balaban J connectivity index is 1.75. The van der Waals surface area contributed by atoms with Gasteiger partial charge in [0.15, 0.2) is 5.96 Å². The van der Waals surface area contributed by atoms with E-state index in [4.69, 9.17) is 22.3 Å². The highest BCUT2D eigenvalue weighted by molar-refractivity contribution is 6.04. The summed E-state index contributed by atoms with van der Waals surface area (Å²) in [5.74, 6) is 0.654. The number of nitrogens with two attached hydrogens (primary N) is 2. The lowest BCUT2D eigenvalue weighted by atomic mass is 10.1. The first-order valence-corrected chi connectivity index (χ1v) is 9.52. The summed E-state index contributed by atoms with van der Waals surface area (Å²) >= 11 is 0. The van der Waals surface area contributed by atoms with E-state index >= 15 is 0 Å². The molecule has 0 saturated heterocycles. The van der Waals surface area contributed by atoms with Crippen molar-refractivity contribution in [1.29, 1.82) is 10.8 Å². The topological polar surface area (TPSA) is 136 Å². The van der Waals surface area contributed by atoms with E-state index in [0.717, 1.165) is 17.8 Å². The van der Waals surface area contributed by atoms with Crippen LogP contribution in [0.5, 0.6) is 0 Å². The molecule has 7 heteroatoms. The van der Waals surface area contributed by atoms with Crippen molar-refractivity contribution < 1.29 is 0 Å². The van der Waals surface area contributed by atoms with Gasteiger partial charge in [0.05, 0.1) is 0 Å². The van der Waals surface area contributed by atoms with Crippen molar-refractivity contribution in [1.82, 2.24) is 0 Å². The van der Waals surface area contributed by atoms with E-state index in [9.17, 15) is 0 Å². The number of benzene rings is 3. The van der Waals surface area contributed by atoms with Crippen molar-refractivity contribution in [2.24, 2.45) is 16.5 Å². The van der Waals surface area contributed by atoms with E-state index in [0.29, 0.717) is 23.6 Å². The minimum Gasteiger partial charge on any atom is -0.384 e. The molecule has 0 spiro atoms. The maximum absolute atomic E-state index is 7.51. The molecule has 3 rings (SSSR count). The highest BCUT2D eigenvalue weighted by Crippen LogP contribution is 2.13. The van der Waals surface area contributed by atoms with Crippen LogP contribution in [0, 0.1) is 10.8 Å². The first-order valence-electron chi connectivity index (χ1n) is 9.52. The third-order valence-corrected chi connectivity index (χ3v) is 4.43. The fourth-order valence-corrected chi connectivity index (χ4v) is 2.79. The molecular formula is C23H25N7. The summed E-state index contributed by atoms with van der Waals surface area (Å²) < 4.78 is 0. The van der Waals surface area contributed by atoms with Gasteiger partial charge in [-0.2, -0.15) is 0 Å². The van der Waals surface area contributed by atoms with Crippen LogP contribution in [-0.2, 0) is 6.42 Å². The number of nitrogens with one attached hydrogen (secondary N) is 4. The molecule has 7 nitrogen and oxygen atoms in total. The first-order chi connectivity index (χ1) is 14.5. The SMILES string of the molecule is N=C(N)c1ccc(NC(=NCCc2ccccc2)Nc2ccc(C(=N)N)cc2)cc1. The van der Waals surface area contributed by atoms with Crippen LogP contribution >= 0.6 is 0 Å². The molecule has 0 unspecified atom stereocenters. The molecule has 30 heavy (non-hydrogen) atoms. The molecule has 0 bridgehead atoms. The number of guanidine groups is 1. The summed E-state index contributed by atoms with van der Waals surface area (Å²) in [7, 11) is 0. The van der Waals surface area contributed by atoms with Gasteiger partial charge in [-0.15, -0.1) is 0 Å². The second-order valence-corrected chi connectivity index (χ2v) is 6.70. The summed E-state index contributed by atoms with van der Waals surface area (Å²) in [5.41, 5.74) is 15.2. The van der Waals surface area contributed by atoms with Crippen LogP contribution in [0.4, 0.5) is 11.4 Å². The van der Waals surface area contributed by atoms with Crippen LogP contribution < -0.4 is 22.1 Å². The van der Waals surface area contributed by atoms with Crippen LogP contribution in [-0.4, -0.2) is 24.2 Å². The van der Waals surface area contributed by atoms with Gasteiger partial charge >= 0.3 is 0 Å². The molecule has 0 saturated carbocycles. The Kier molecular flexibility index (Phi) is 6.78. The molecule has 0 aliphatic rings. The van der Waals surface area contributed by atoms with Gasteiger partial charge in [-0.05, 0) is 60.5 Å². The molecule has 0 atom stereocenters. The fourth-order valence-electron chi connectivity index (χ4n) is 2.79. The quantitative estimate of drug-likeness (QED) is 0.268. The van der Waals surface area contributed by atoms with E-state index in [-0.39, 0.29) is 11.7 Å². The Bertz CT molecular complexity index is 962. The standard InChI is InChI=1S/C23H25N7/c24-21(25)17-6-10-19(11-7-17)29-23(28-15-14-16-4-2-1-3-5-16)30-20-12-8-18(9-13-20)22(26)27/h1-13H,14-15H2,(H3,24,25)(H3,26,27)(H2,28,29,30). The summed E-state index contributed by atoms with van der Waals surface area (Å²) in [6.45, 7) is 0.608. The molecular weight excluding hydrogens is 374 g/mol. The van der Waals surface area contributed by atoms with Gasteiger partial charge in [-0.1, -0.05) is 30.3 Å². The van der Waals surface area contributed by atoms with E-state index in [1.165, 1.54) is 5.56 Å². The zero-order valence-electron chi connectivity index (χ0n) is 16.5. The summed E-state index contributed by atoms with van der Waals surface area (Å²) in [6, 6.07) is 24.7. The van der Waals surface area contributed by atoms with E-state index in [1.807, 2.05) is 42.5 Å². The molecule has 0 aliphatic carbocycles. The molecule has 3 aromatic carbocycles. The number of aliphatic imine (C=N–C) groups is 1. The number of nitrogen functional groups attached to an aromatic ring is 2. The smallest absolute Gasteiger partial charge is 0.200 e. The molecule has 0 amide bonds. The normalized spacial score (nSPS) is 10.1. The number of anilines is 2. The molecule has 0 aliphatic heterocycles. The Labute approximate surface area is 175 Å². The van der Waals surface area contributed by atoms with E-state index < -0.39 is 0 Å². The summed E-state index contributed by atoms with van der Waals surface area (Å²) in [4.78, 5) is 4.69. The van der Waals surface area contributed by atoms with Gasteiger partial charge in [0.25, 0.3) is 0 Å². The third kappa shape index (κ3) is 5.93. The molecule has 3 aromatic rings. The van der Waals surface area contributed by atoms with Crippen molar-refractivity contribution in [3.63, 3.8) is 0 Å².